The van der Waals surface area contributed by atoms with Crippen LogP contribution in [0.5, 0.6) is 0 Å². The predicted octanol–water partition coefficient (Wildman–Crippen LogP) is 19.2. The molecule has 75 heavy (non-hydrogen) atoms. The van der Waals surface area contributed by atoms with Gasteiger partial charge in [0.25, 0.3) is 0 Å². The van der Waals surface area contributed by atoms with Crippen molar-refractivity contribution in [2.45, 2.75) is 19.3 Å². The summed E-state index contributed by atoms with van der Waals surface area (Å²) < 4.78 is 18.5. The lowest BCUT2D eigenvalue weighted by molar-refractivity contribution is 0.660. The summed E-state index contributed by atoms with van der Waals surface area (Å²) in [5.41, 5.74) is 19.1. The normalized spacial score (nSPS) is 13.2. The number of hydrogen-bond acceptors (Lipinski definition) is 4. The summed E-state index contributed by atoms with van der Waals surface area (Å²) in [6, 6.07) is 79.5. The van der Waals surface area contributed by atoms with Gasteiger partial charge in [-0.2, -0.15) is 0 Å². The van der Waals surface area contributed by atoms with Crippen LogP contribution in [0.15, 0.2) is 227 Å². The highest BCUT2D eigenvalue weighted by atomic mass is 16.3. The average molecular weight is 965 g/mol. The molecule has 0 bridgehead atoms. The Kier molecular flexibility index (Phi) is 8.55. The number of aryl methyl sites for hydroxylation is 2. The first-order valence-electron chi connectivity index (χ1n) is 25.9. The van der Waals surface area contributed by atoms with Gasteiger partial charge in [-0.05, 0) is 94.4 Å². The standard InChI is InChI=1S/C69H48N4O2/c1-69(2)53-39-41(72(59-33-17-27-50-45-22-9-13-35-62(45)74-67(50)59)57-31-15-25-48-43-20-7-11-29-55(43)70(3)65(48)57)37-38-52(53)64-47-24-6-5-19-42(47)61(40-54(64)69)73(60-34-18-28-51-46-23-10-14-36-63(46)75-68(51)60)58-32-16-26-49-44-21-8-12-30-56(44)71(4)66(49)58/h5-40H,1-4H3. The minimum absolute atomic E-state index is 0.426. The number of anilines is 6. The van der Waals surface area contributed by atoms with E-state index in [2.05, 4.69) is 265 Å². The van der Waals surface area contributed by atoms with Gasteiger partial charge in [-0.1, -0.05) is 166 Å². The summed E-state index contributed by atoms with van der Waals surface area (Å²) >= 11 is 0. The largest absolute Gasteiger partial charge is 0.454 e. The van der Waals surface area contributed by atoms with Crippen LogP contribution in [0, 0.1) is 0 Å². The first-order valence-corrected chi connectivity index (χ1v) is 25.9. The quantitative estimate of drug-likeness (QED) is 0.167. The Bertz CT molecular complexity index is 4930. The van der Waals surface area contributed by atoms with Crippen LogP contribution < -0.4 is 9.80 Å². The average Bonchev–Trinajstić information content (AvgIpc) is 4.24. The predicted molar refractivity (Wildman–Crippen MR) is 313 cm³/mol. The summed E-state index contributed by atoms with van der Waals surface area (Å²) in [6.45, 7) is 4.81. The maximum absolute atomic E-state index is 6.95. The number of aromatic nitrogens is 2. The van der Waals surface area contributed by atoms with Gasteiger partial charge in [0.1, 0.15) is 11.2 Å². The van der Waals surface area contributed by atoms with Crippen LogP contribution in [-0.2, 0) is 19.5 Å². The highest BCUT2D eigenvalue weighted by molar-refractivity contribution is 6.20. The molecule has 4 aromatic heterocycles. The van der Waals surface area contributed by atoms with Gasteiger partial charge in [-0.25, -0.2) is 0 Å². The molecule has 15 aromatic rings. The van der Waals surface area contributed by atoms with E-state index in [4.69, 9.17) is 8.83 Å². The van der Waals surface area contributed by atoms with Crippen molar-refractivity contribution in [1.82, 2.24) is 9.13 Å². The van der Waals surface area contributed by atoms with E-state index in [1.165, 1.54) is 60.2 Å². The molecule has 0 unspecified atom stereocenters. The lowest BCUT2D eigenvalue weighted by atomic mass is 9.81. The van der Waals surface area contributed by atoms with E-state index >= 15 is 0 Å². The van der Waals surface area contributed by atoms with Crippen LogP contribution in [-0.4, -0.2) is 9.13 Å². The maximum Gasteiger partial charge on any atom is 0.159 e. The number of benzene rings is 11. The molecule has 0 saturated carbocycles. The topological polar surface area (TPSA) is 42.6 Å². The molecule has 6 nitrogen and oxygen atoms in total. The van der Waals surface area contributed by atoms with Crippen LogP contribution >= 0.6 is 0 Å². The molecule has 4 heterocycles. The molecule has 356 valence electrons. The number of nitrogens with zero attached hydrogens (tertiary/aromatic N) is 4. The van der Waals surface area contributed by atoms with E-state index in [-0.39, 0.29) is 0 Å². The number of para-hydroxylation sites is 8. The maximum atomic E-state index is 6.95. The molecule has 0 fully saturated rings. The Balaban J connectivity index is 0.955. The molecule has 0 radical (unpaired) electrons. The zero-order chi connectivity index (χ0) is 49.8. The fraction of sp³-hybridized carbons (Fsp3) is 0.0725. The third kappa shape index (κ3) is 5.68. The summed E-state index contributed by atoms with van der Waals surface area (Å²) in [5.74, 6) is 0. The fourth-order valence-electron chi connectivity index (χ4n) is 13.3. The van der Waals surface area contributed by atoms with E-state index in [1.54, 1.807) is 0 Å². The molecular weight excluding hydrogens is 917 g/mol. The summed E-state index contributed by atoms with van der Waals surface area (Å²) in [6.07, 6.45) is 0. The van der Waals surface area contributed by atoms with Crippen molar-refractivity contribution < 1.29 is 8.83 Å². The van der Waals surface area contributed by atoms with Crippen LogP contribution in [0.25, 0.3) is 109 Å². The second-order valence-electron chi connectivity index (χ2n) is 20.9. The van der Waals surface area contributed by atoms with Gasteiger partial charge in [0.2, 0.25) is 0 Å². The molecule has 1 aliphatic carbocycles. The van der Waals surface area contributed by atoms with Crippen molar-refractivity contribution in [2.24, 2.45) is 14.1 Å². The van der Waals surface area contributed by atoms with E-state index in [1.807, 2.05) is 0 Å². The molecule has 0 atom stereocenters. The van der Waals surface area contributed by atoms with Crippen molar-refractivity contribution in [1.29, 1.82) is 0 Å². The van der Waals surface area contributed by atoms with Crippen LogP contribution in [0.1, 0.15) is 25.0 Å². The van der Waals surface area contributed by atoms with Gasteiger partial charge >= 0.3 is 0 Å². The highest BCUT2D eigenvalue weighted by Crippen LogP contribution is 2.57. The van der Waals surface area contributed by atoms with Crippen molar-refractivity contribution in [2.75, 3.05) is 9.80 Å². The Morgan fingerprint density at radius 1 is 0.347 bits per heavy atom. The van der Waals surface area contributed by atoms with E-state index in [0.29, 0.717) is 0 Å². The van der Waals surface area contributed by atoms with Crippen LogP contribution in [0.2, 0.25) is 0 Å². The fourth-order valence-corrected chi connectivity index (χ4v) is 13.3. The second-order valence-corrected chi connectivity index (χ2v) is 20.9. The van der Waals surface area contributed by atoms with Gasteiger partial charge in [-0.3, -0.25) is 0 Å². The number of fused-ring (bicyclic) bond motifs is 17. The first kappa shape index (κ1) is 42.0. The molecule has 0 N–H and O–H groups in total. The van der Waals surface area contributed by atoms with Crippen LogP contribution in [0.4, 0.5) is 34.1 Å². The number of rotatable bonds is 6. The van der Waals surface area contributed by atoms with E-state index in [9.17, 15) is 0 Å². The smallest absolute Gasteiger partial charge is 0.159 e. The molecule has 6 heteroatoms. The third-order valence-corrected chi connectivity index (χ3v) is 16.7. The van der Waals surface area contributed by atoms with Crippen molar-refractivity contribution in [3.05, 3.63) is 230 Å². The second kappa shape index (κ2) is 15.3. The number of furan rings is 2. The Hall–Kier alpha value is -9.52. The Morgan fingerprint density at radius 3 is 1.36 bits per heavy atom. The zero-order valence-corrected chi connectivity index (χ0v) is 41.9. The lowest BCUT2D eigenvalue weighted by Crippen LogP contribution is -2.18. The van der Waals surface area contributed by atoms with E-state index in [0.717, 1.165) is 94.4 Å². The zero-order valence-electron chi connectivity index (χ0n) is 41.9. The highest BCUT2D eigenvalue weighted by Gasteiger charge is 2.39. The summed E-state index contributed by atoms with van der Waals surface area (Å²) in [4.78, 5) is 4.92. The number of hydrogen-bond donors (Lipinski definition) is 0. The molecular formula is C69H48N4O2. The minimum atomic E-state index is -0.426. The van der Waals surface area contributed by atoms with Gasteiger partial charge < -0.3 is 27.8 Å². The molecule has 11 aromatic carbocycles. The third-order valence-electron chi connectivity index (χ3n) is 16.7. The van der Waals surface area contributed by atoms with Gasteiger partial charge in [-0.15, -0.1) is 0 Å². The molecule has 0 spiro atoms. The Morgan fingerprint density at radius 2 is 0.787 bits per heavy atom. The van der Waals surface area contributed by atoms with Crippen molar-refractivity contribution in [3.63, 3.8) is 0 Å². The molecule has 0 amide bonds. The van der Waals surface area contributed by atoms with Crippen LogP contribution in [0.3, 0.4) is 0 Å². The monoisotopic (exact) mass is 964 g/mol. The molecule has 16 rings (SSSR count). The SMILES string of the molecule is Cn1c2ccccc2c2cccc(N(c3ccc4c(c3)C(C)(C)c3cc(N(c5cccc6c5oc5ccccc56)c5cccc6c7ccccc7n(C)c56)c5ccccc5c3-4)c3cccc4c3oc3ccccc34)c21. The molecule has 0 saturated heterocycles. The minimum Gasteiger partial charge on any atom is -0.454 e. The first-order chi connectivity index (χ1) is 36.8. The van der Waals surface area contributed by atoms with E-state index < -0.39 is 5.41 Å². The lowest BCUT2D eigenvalue weighted by Gasteiger charge is -2.31. The summed E-state index contributed by atoms with van der Waals surface area (Å²) in [7, 11) is 4.39. The van der Waals surface area contributed by atoms with Gasteiger partial charge in [0.05, 0.1) is 39.5 Å². The Labute approximate surface area is 432 Å². The van der Waals surface area contributed by atoms with Gasteiger partial charge in [0.15, 0.2) is 11.2 Å². The van der Waals surface area contributed by atoms with Crippen molar-refractivity contribution in [3.8, 4) is 11.1 Å². The van der Waals surface area contributed by atoms with Gasteiger partial charge in [0, 0.05) is 84.7 Å². The van der Waals surface area contributed by atoms with Crippen molar-refractivity contribution >= 4 is 132 Å². The summed E-state index contributed by atoms with van der Waals surface area (Å²) in [5, 5.41) is 11.6. The molecule has 1 aliphatic rings. The molecule has 0 aliphatic heterocycles.